The molecule has 0 radical (unpaired) electrons. The van der Waals surface area contributed by atoms with E-state index >= 15 is 0 Å². The first-order valence-corrected chi connectivity index (χ1v) is 8.68. The van der Waals surface area contributed by atoms with Gasteiger partial charge in [0.15, 0.2) is 17.6 Å². The summed E-state index contributed by atoms with van der Waals surface area (Å²) in [6.07, 6.45) is -0.970. The maximum Gasteiger partial charge on any atom is 0.339 e. The van der Waals surface area contributed by atoms with Crippen molar-refractivity contribution in [3.8, 4) is 17.2 Å². The smallest absolute Gasteiger partial charge is 0.339 e. The monoisotopic (exact) mass is 392 g/mol. The quantitative estimate of drug-likeness (QED) is 0.495. The molecule has 27 heavy (non-hydrogen) atoms. The van der Waals surface area contributed by atoms with Crippen LogP contribution in [0.2, 0.25) is 5.02 Å². The lowest BCUT2D eigenvalue weighted by molar-refractivity contribution is 0.0318. The largest absolute Gasteiger partial charge is 0.494 e. The lowest BCUT2D eigenvalue weighted by Gasteiger charge is -2.15. The molecule has 0 fully saturated rings. The minimum Gasteiger partial charge on any atom is -0.494 e. The minimum absolute atomic E-state index is 0.156. The summed E-state index contributed by atoms with van der Waals surface area (Å²) in [5, 5.41) is 0.203. The van der Waals surface area contributed by atoms with E-state index in [1.807, 2.05) is 6.92 Å². The molecule has 0 aromatic heterocycles. The average molecular weight is 393 g/mol. The van der Waals surface area contributed by atoms with E-state index in [-0.39, 0.29) is 16.4 Å². The van der Waals surface area contributed by atoms with Crippen LogP contribution >= 0.6 is 11.6 Å². The van der Waals surface area contributed by atoms with Crippen LogP contribution in [0.25, 0.3) is 0 Å². The molecule has 2 rings (SSSR count). The average Bonchev–Trinajstić information content (AvgIpc) is 2.67. The second-order valence-corrected chi connectivity index (χ2v) is 5.97. The van der Waals surface area contributed by atoms with E-state index in [0.29, 0.717) is 29.4 Å². The number of Topliss-reactive ketones (excluding diaryl/α,β-unsaturated/α-hetero) is 1. The predicted molar refractivity (Wildman–Crippen MR) is 101 cm³/mol. The molecule has 7 heteroatoms. The zero-order valence-electron chi connectivity index (χ0n) is 15.6. The molecule has 2 aromatic rings. The van der Waals surface area contributed by atoms with E-state index in [1.54, 1.807) is 24.3 Å². The van der Waals surface area contributed by atoms with Gasteiger partial charge in [0.2, 0.25) is 5.78 Å². The van der Waals surface area contributed by atoms with Crippen LogP contribution in [-0.2, 0) is 4.74 Å². The lowest BCUT2D eigenvalue weighted by atomic mass is 10.1. The van der Waals surface area contributed by atoms with Gasteiger partial charge in [0.05, 0.1) is 31.4 Å². The van der Waals surface area contributed by atoms with Crippen molar-refractivity contribution in [2.45, 2.75) is 20.0 Å². The summed E-state index contributed by atoms with van der Waals surface area (Å²) in [5.74, 6) is 0.262. The molecule has 0 amide bonds. The number of rotatable bonds is 8. The number of carbonyl (C=O) groups is 2. The third kappa shape index (κ3) is 4.92. The van der Waals surface area contributed by atoms with E-state index < -0.39 is 12.1 Å². The van der Waals surface area contributed by atoms with Crippen molar-refractivity contribution in [1.29, 1.82) is 0 Å². The molecule has 0 aliphatic rings. The molecule has 0 unspecified atom stereocenters. The molecule has 0 saturated heterocycles. The molecule has 0 aliphatic carbocycles. The molecular weight excluding hydrogens is 372 g/mol. The first-order valence-electron chi connectivity index (χ1n) is 8.30. The molecule has 0 N–H and O–H groups in total. The molecule has 144 valence electrons. The van der Waals surface area contributed by atoms with Crippen molar-refractivity contribution in [1.82, 2.24) is 0 Å². The summed E-state index contributed by atoms with van der Waals surface area (Å²) >= 11 is 6.10. The van der Waals surface area contributed by atoms with Crippen LogP contribution < -0.4 is 14.2 Å². The topological polar surface area (TPSA) is 71.1 Å². The van der Waals surface area contributed by atoms with E-state index in [1.165, 1.54) is 33.3 Å². The number of carbonyl (C=O) groups excluding carboxylic acids is 2. The van der Waals surface area contributed by atoms with Gasteiger partial charge in [-0.05, 0) is 50.2 Å². The summed E-state index contributed by atoms with van der Waals surface area (Å²) in [6.45, 7) is 3.93. The van der Waals surface area contributed by atoms with Crippen molar-refractivity contribution in [2.24, 2.45) is 0 Å². The van der Waals surface area contributed by atoms with Crippen LogP contribution in [0.1, 0.15) is 34.6 Å². The van der Waals surface area contributed by atoms with Gasteiger partial charge in [-0.1, -0.05) is 11.6 Å². The van der Waals surface area contributed by atoms with Crippen molar-refractivity contribution in [3.63, 3.8) is 0 Å². The van der Waals surface area contributed by atoms with E-state index in [2.05, 4.69) is 0 Å². The van der Waals surface area contributed by atoms with Crippen molar-refractivity contribution < 1.29 is 28.5 Å². The van der Waals surface area contributed by atoms with Gasteiger partial charge in [0.25, 0.3) is 0 Å². The lowest BCUT2D eigenvalue weighted by Crippen LogP contribution is -2.24. The van der Waals surface area contributed by atoms with E-state index in [0.717, 1.165) is 0 Å². The molecule has 0 heterocycles. The fraction of sp³-hybridized carbons (Fsp3) is 0.300. The summed E-state index contributed by atoms with van der Waals surface area (Å²) in [6, 6.07) is 9.50. The number of hydrogen-bond donors (Lipinski definition) is 0. The highest BCUT2D eigenvalue weighted by atomic mass is 35.5. The van der Waals surface area contributed by atoms with Crippen LogP contribution in [0.15, 0.2) is 36.4 Å². The first kappa shape index (κ1) is 20.6. The Morgan fingerprint density at radius 1 is 1.04 bits per heavy atom. The van der Waals surface area contributed by atoms with Gasteiger partial charge >= 0.3 is 5.97 Å². The van der Waals surface area contributed by atoms with Gasteiger partial charge in [-0.3, -0.25) is 4.79 Å². The second-order valence-electron chi connectivity index (χ2n) is 5.56. The van der Waals surface area contributed by atoms with Gasteiger partial charge in [-0.2, -0.15) is 0 Å². The Morgan fingerprint density at radius 2 is 1.70 bits per heavy atom. The van der Waals surface area contributed by atoms with Gasteiger partial charge in [0, 0.05) is 5.56 Å². The maximum atomic E-state index is 12.5. The molecule has 0 bridgehead atoms. The first-order chi connectivity index (χ1) is 12.9. The zero-order valence-corrected chi connectivity index (χ0v) is 16.3. The maximum absolute atomic E-state index is 12.5. The zero-order chi connectivity index (χ0) is 20.0. The number of ether oxygens (including phenoxy) is 4. The van der Waals surface area contributed by atoms with Crippen LogP contribution in [0.3, 0.4) is 0 Å². The third-order valence-electron chi connectivity index (χ3n) is 3.77. The van der Waals surface area contributed by atoms with Crippen molar-refractivity contribution in [2.75, 3.05) is 20.8 Å². The number of esters is 1. The van der Waals surface area contributed by atoms with Gasteiger partial charge in [-0.15, -0.1) is 0 Å². The van der Waals surface area contributed by atoms with Crippen molar-refractivity contribution in [3.05, 3.63) is 52.5 Å². The predicted octanol–water partition coefficient (Wildman–Crippen LogP) is 4.18. The summed E-state index contributed by atoms with van der Waals surface area (Å²) in [7, 11) is 2.88. The molecule has 6 nitrogen and oxygen atoms in total. The van der Waals surface area contributed by atoms with Crippen LogP contribution in [0, 0.1) is 0 Å². The molecule has 1 atom stereocenters. The Balaban J connectivity index is 2.12. The highest BCUT2D eigenvalue weighted by Gasteiger charge is 2.22. The number of ketones is 1. The van der Waals surface area contributed by atoms with Gasteiger partial charge < -0.3 is 18.9 Å². The highest BCUT2D eigenvalue weighted by molar-refractivity contribution is 6.32. The fourth-order valence-electron chi connectivity index (χ4n) is 2.43. The molecule has 0 spiro atoms. The summed E-state index contributed by atoms with van der Waals surface area (Å²) in [4.78, 5) is 24.9. The Labute approximate surface area is 162 Å². The Kier molecular flexibility index (Phi) is 7.07. The summed E-state index contributed by atoms with van der Waals surface area (Å²) in [5.41, 5.74) is 0.577. The normalized spacial score (nSPS) is 11.4. The van der Waals surface area contributed by atoms with E-state index in [4.69, 9.17) is 30.5 Å². The van der Waals surface area contributed by atoms with Crippen LogP contribution in [0.4, 0.5) is 0 Å². The number of methoxy groups -OCH3 is 2. The van der Waals surface area contributed by atoms with Gasteiger partial charge in [-0.25, -0.2) is 4.79 Å². The number of halogens is 1. The SMILES string of the molecule is CCOc1ccc(C(=O)[C@H](C)OC(=O)c2cc(Cl)c(OC)c(OC)c2)cc1. The molecule has 0 aliphatic heterocycles. The third-order valence-corrected chi connectivity index (χ3v) is 4.05. The summed E-state index contributed by atoms with van der Waals surface area (Å²) < 4.78 is 20.9. The Bertz CT molecular complexity index is 816. The molecular formula is C20H21ClO6. The molecule has 2 aromatic carbocycles. The van der Waals surface area contributed by atoms with E-state index in [9.17, 15) is 9.59 Å². The van der Waals surface area contributed by atoms with Crippen molar-refractivity contribution >= 4 is 23.4 Å². The minimum atomic E-state index is -0.970. The number of hydrogen-bond acceptors (Lipinski definition) is 6. The Hall–Kier alpha value is -2.73. The highest BCUT2D eigenvalue weighted by Crippen LogP contribution is 2.36. The van der Waals surface area contributed by atoms with Crippen LogP contribution in [-0.4, -0.2) is 38.7 Å². The molecule has 0 saturated carbocycles. The Morgan fingerprint density at radius 3 is 2.26 bits per heavy atom. The standard InChI is InChI=1S/C20H21ClO6/c1-5-26-15-8-6-13(7-9-15)18(22)12(2)27-20(23)14-10-16(21)19(25-4)17(11-14)24-3/h6-12H,5H2,1-4H3/t12-/m0/s1. The van der Waals surface area contributed by atoms with Crippen LogP contribution in [0.5, 0.6) is 17.2 Å². The fourth-order valence-corrected chi connectivity index (χ4v) is 2.72. The van der Waals surface area contributed by atoms with Gasteiger partial charge in [0.1, 0.15) is 5.75 Å². The number of benzene rings is 2. The second kappa shape index (κ2) is 9.28.